The number of piperazine rings is 1. The van der Waals surface area contributed by atoms with E-state index in [4.69, 9.17) is 4.74 Å². The van der Waals surface area contributed by atoms with Gasteiger partial charge >= 0.3 is 5.97 Å². The summed E-state index contributed by atoms with van der Waals surface area (Å²) in [5.74, 6) is 6.42. The number of hydrogen-bond acceptors (Lipinski definition) is 5. The molecule has 2 aliphatic rings. The molecule has 0 saturated carbocycles. The number of likely N-dealkylation sites (N-methyl/N-ethyl adjacent to an activating group) is 1. The summed E-state index contributed by atoms with van der Waals surface area (Å²) >= 11 is 0. The highest BCUT2D eigenvalue weighted by Crippen LogP contribution is 2.32. The van der Waals surface area contributed by atoms with Crippen LogP contribution in [0.4, 0.5) is 0 Å². The van der Waals surface area contributed by atoms with Crippen LogP contribution in [-0.4, -0.2) is 61.0 Å². The molecule has 5 rings (SSSR count). The van der Waals surface area contributed by atoms with E-state index in [1.54, 1.807) is 0 Å². The van der Waals surface area contributed by atoms with Crippen LogP contribution >= 0.6 is 0 Å². The number of ether oxygens (including phenoxy) is 1. The Morgan fingerprint density at radius 2 is 1.53 bits per heavy atom. The molecule has 0 amide bonds. The number of rotatable bonds is 5. The standard InChI is InChI=1S/C31H33N3O2/c1-32-16-18-33(19-17-32)21-26-12-9-24(10-13-26)8-11-25-14-15-28-22-34(23-29(28)20-25)30(31(35)36-2)27-6-4-3-5-7-27/h3-7,9-10,12-15,20,30H,16-19,21-23H2,1-2H3. The Bertz CT molecular complexity index is 1250. The van der Waals surface area contributed by atoms with Crippen LogP contribution in [0.2, 0.25) is 0 Å². The maximum Gasteiger partial charge on any atom is 0.327 e. The van der Waals surface area contributed by atoms with Gasteiger partial charge < -0.3 is 9.64 Å². The van der Waals surface area contributed by atoms with E-state index in [0.29, 0.717) is 13.1 Å². The number of methoxy groups -OCH3 is 1. The fourth-order valence-electron chi connectivity index (χ4n) is 5.03. The third-order valence-electron chi connectivity index (χ3n) is 7.17. The normalized spacial score (nSPS) is 17.2. The Hall–Kier alpha value is -3.43. The fourth-order valence-corrected chi connectivity index (χ4v) is 5.03. The molecular weight excluding hydrogens is 446 g/mol. The van der Waals surface area contributed by atoms with Crippen molar-refractivity contribution in [1.29, 1.82) is 0 Å². The lowest BCUT2D eigenvalue weighted by atomic mass is 10.1. The fraction of sp³-hybridized carbons (Fsp3) is 0.323. The zero-order valence-electron chi connectivity index (χ0n) is 21.1. The molecule has 1 atom stereocenters. The molecule has 0 radical (unpaired) electrons. The number of benzene rings is 3. The first-order chi connectivity index (χ1) is 17.6. The molecule has 2 aliphatic heterocycles. The minimum Gasteiger partial charge on any atom is -0.468 e. The number of nitrogens with zero attached hydrogens (tertiary/aromatic N) is 3. The first kappa shape index (κ1) is 24.3. The van der Waals surface area contributed by atoms with Gasteiger partial charge in [-0.15, -0.1) is 0 Å². The molecule has 0 bridgehead atoms. The van der Waals surface area contributed by atoms with Gasteiger partial charge in [0.05, 0.1) is 7.11 Å². The Balaban J connectivity index is 1.25. The SMILES string of the molecule is COC(=O)C(c1ccccc1)N1Cc2ccc(C#Cc3ccc(CN4CCN(C)CC4)cc3)cc2C1. The molecule has 0 spiro atoms. The minimum absolute atomic E-state index is 0.231. The molecule has 1 fully saturated rings. The van der Waals surface area contributed by atoms with Crippen LogP contribution in [0.5, 0.6) is 0 Å². The molecule has 3 aromatic rings. The van der Waals surface area contributed by atoms with Crippen molar-refractivity contribution >= 4 is 5.97 Å². The Morgan fingerprint density at radius 1 is 0.861 bits per heavy atom. The smallest absolute Gasteiger partial charge is 0.327 e. The second kappa shape index (κ2) is 11.1. The van der Waals surface area contributed by atoms with Gasteiger partial charge in [0.2, 0.25) is 0 Å². The van der Waals surface area contributed by atoms with Gasteiger partial charge in [-0.05, 0) is 53.6 Å². The predicted octanol–water partition coefficient (Wildman–Crippen LogP) is 4.06. The molecule has 1 unspecified atom stereocenters. The van der Waals surface area contributed by atoms with Crippen LogP contribution in [0.25, 0.3) is 0 Å². The van der Waals surface area contributed by atoms with Crippen molar-refractivity contribution < 1.29 is 9.53 Å². The number of hydrogen-bond donors (Lipinski definition) is 0. The Morgan fingerprint density at radius 3 is 2.25 bits per heavy atom. The van der Waals surface area contributed by atoms with Crippen molar-refractivity contribution in [1.82, 2.24) is 14.7 Å². The third-order valence-corrected chi connectivity index (χ3v) is 7.17. The van der Waals surface area contributed by atoms with Gasteiger partial charge in [0, 0.05) is 56.9 Å². The lowest BCUT2D eigenvalue weighted by molar-refractivity contribution is -0.147. The van der Waals surface area contributed by atoms with E-state index in [1.165, 1.54) is 23.8 Å². The first-order valence-electron chi connectivity index (χ1n) is 12.6. The number of carbonyl (C=O) groups excluding carboxylic acids is 1. The van der Waals surface area contributed by atoms with Gasteiger partial charge in [0.15, 0.2) is 0 Å². The molecule has 184 valence electrons. The molecule has 3 aromatic carbocycles. The van der Waals surface area contributed by atoms with E-state index in [1.807, 2.05) is 30.3 Å². The van der Waals surface area contributed by atoms with Crippen molar-refractivity contribution in [3.63, 3.8) is 0 Å². The zero-order valence-corrected chi connectivity index (χ0v) is 21.1. The zero-order chi connectivity index (χ0) is 24.9. The van der Waals surface area contributed by atoms with Crippen molar-refractivity contribution in [3.8, 4) is 11.8 Å². The van der Waals surface area contributed by atoms with Gasteiger partial charge in [-0.2, -0.15) is 0 Å². The van der Waals surface area contributed by atoms with E-state index < -0.39 is 6.04 Å². The average molecular weight is 480 g/mol. The van der Waals surface area contributed by atoms with Crippen LogP contribution < -0.4 is 0 Å². The summed E-state index contributed by atoms with van der Waals surface area (Å²) in [5, 5.41) is 0. The van der Waals surface area contributed by atoms with Gasteiger partial charge in [0.25, 0.3) is 0 Å². The maximum atomic E-state index is 12.6. The second-order valence-electron chi connectivity index (χ2n) is 9.75. The van der Waals surface area contributed by atoms with Crippen molar-refractivity contribution in [2.45, 2.75) is 25.7 Å². The predicted molar refractivity (Wildman–Crippen MR) is 142 cm³/mol. The van der Waals surface area contributed by atoms with E-state index in [2.05, 4.69) is 76.1 Å². The Labute approximate surface area is 214 Å². The molecule has 5 nitrogen and oxygen atoms in total. The van der Waals surface area contributed by atoms with Gasteiger partial charge in [-0.3, -0.25) is 9.80 Å². The van der Waals surface area contributed by atoms with E-state index >= 15 is 0 Å². The summed E-state index contributed by atoms with van der Waals surface area (Å²) in [4.78, 5) is 19.7. The van der Waals surface area contributed by atoms with Crippen LogP contribution in [0, 0.1) is 11.8 Å². The van der Waals surface area contributed by atoms with E-state index in [9.17, 15) is 4.79 Å². The van der Waals surface area contributed by atoms with Crippen LogP contribution in [0.3, 0.4) is 0 Å². The lowest BCUT2D eigenvalue weighted by Crippen LogP contribution is -2.43. The number of esters is 1. The van der Waals surface area contributed by atoms with Gasteiger partial charge in [-0.25, -0.2) is 4.79 Å². The Kier molecular flexibility index (Phi) is 7.48. The first-order valence-corrected chi connectivity index (χ1v) is 12.6. The van der Waals surface area contributed by atoms with Crippen molar-refractivity contribution in [2.75, 3.05) is 40.3 Å². The van der Waals surface area contributed by atoms with Crippen molar-refractivity contribution in [2.24, 2.45) is 0 Å². The largest absolute Gasteiger partial charge is 0.468 e. The third kappa shape index (κ3) is 5.68. The molecule has 1 saturated heterocycles. The summed E-state index contributed by atoms with van der Waals surface area (Å²) in [7, 11) is 3.64. The summed E-state index contributed by atoms with van der Waals surface area (Å²) in [6, 6.07) is 24.4. The molecule has 5 heteroatoms. The minimum atomic E-state index is -0.414. The molecule has 36 heavy (non-hydrogen) atoms. The summed E-state index contributed by atoms with van der Waals surface area (Å²) in [6.07, 6.45) is 0. The van der Waals surface area contributed by atoms with Crippen LogP contribution in [-0.2, 0) is 29.2 Å². The average Bonchev–Trinajstić information content (AvgIpc) is 3.33. The maximum absolute atomic E-state index is 12.6. The lowest BCUT2D eigenvalue weighted by Gasteiger charge is -2.32. The quantitative estimate of drug-likeness (QED) is 0.407. The molecule has 2 heterocycles. The van der Waals surface area contributed by atoms with E-state index in [0.717, 1.165) is 49.4 Å². The number of carbonyl (C=O) groups is 1. The summed E-state index contributed by atoms with van der Waals surface area (Å²) in [6.45, 7) is 6.93. The van der Waals surface area contributed by atoms with Crippen LogP contribution in [0.1, 0.15) is 39.4 Å². The molecule has 0 N–H and O–H groups in total. The highest BCUT2D eigenvalue weighted by Gasteiger charge is 2.32. The summed E-state index contributed by atoms with van der Waals surface area (Å²) < 4.78 is 5.14. The van der Waals surface area contributed by atoms with E-state index in [-0.39, 0.29) is 5.97 Å². The summed E-state index contributed by atoms with van der Waals surface area (Å²) in [5.41, 5.74) is 6.75. The van der Waals surface area contributed by atoms with Crippen LogP contribution in [0.15, 0.2) is 72.8 Å². The molecule has 0 aromatic heterocycles. The monoisotopic (exact) mass is 479 g/mol. The number of fused-ring (bicyclic) bond motifs is 1. The van der Waals surface area contributed by atoms with Gasteiger partial charge in [-0.1, -0.05) is 60.4 Å². The highest BCUT2D eigenvalue weighted by atomic mass is 16.5. The highest BCUT2D eigenvalue weighted by molar-refractivity contribution is 5.77. The molecular formula is C31H33N3O2. The van der Waals surface area contributed by atoms with Gasteiger partial charge in [0.1, 0.15) is 6.04 Å². The molecule has 0 aliphatic carbocycles. The van der Waals surface area contributed by atoms with Crippen molar-refractivity contribution in [3.05, 3.63) is 106 Å². The second-order valence-corrected chi connectivity index (χ2v) is 9.75. The topological polar surface area (TPSA) is 36.0 Å².